The maximum Gasteiger partial charge on any atom is 0.325 e. The molecule has 4 rings (SSSR count). The summed E-state index contributed by atoms with van der Waals surface area (Å²) in [7, 11) is 3.53. The summed E-state index contributed by atoms with van der Waals surface area (Å²) in [5.74, 6) is 0.342. The lowest BCUT2D eigenvalue weighted by Crippen LogP contribution is -2.33. The molecule has 4 N–H and O–H groups in total. The molecule has 2 aromatic heterocycles. The molecular weight excluding hydrogens is 360 g/mol. The number of nitrogen functional groups attached to an aromatic ring is 1. The Labute approximate surface area is 160 Å². The van der Waals surface area contributed by atoms with Crippen LogP contribution in [0.2, 0.25) is 0 Å². The average Bonchev–Trinajstić information content (AvgIpc) is 3.18. The Balaban J connectivity index is 1.53. The molecule has 10 heteroatoms. The van der Waals surface area contributed by atoms with Gasteiger partial charge in [-0.05, 0) is 11.6 Å². The Hall–Kier alpha value is -3.69. The number of carbonyl (C=O) groups excluding carboxylic acids is 2. The van der Waals surface area contributed by atoms with E-state index in [9.17, 15) is 9.59 Å². The maximum atomic E-state index is 12.8. The first-order valence-electron chi connectivity index (χ1n) is 8.77. The van der Waals surface area contributed by atoms with Crippen LogP contribution < -0.4 is 16.0 Å². The number of aromatic nitrogens is 4. The maximum absolute atomic E-state index is 12.8. The summed E-state index contributed by atoms with van der Waals surface area (Å²) in [6.07, 6.45) is 2.26. The summed E-state index contributed by atoms with van der Waals surface area (Å²) < 4.78 is 0. The summed E-state index contributed by atoms with van der Waals surface area (Å²) in [6.45, 7) is -0.0669. The molecule has 0 radical (unpaired) electrons. The Morgan fingerprint density at radius 3 is 2.75 bits per heavy atom. The number of benzene rings is 1. The van der Waals surface area contributed by atoms with Crippen LogP contribution in [0.3, 0.4) is 0 Å². The van der Waals surface area contributed by atoms with Crippen LogP contribution >= 0.6 is 0 Å². The zero-order valence-corrected chi connectivity index (χ0v) is 15.5. The molecule has 0 aliphatic carbocycles. The van der Waals surface area contributed by atoms with Crippen LogP contribution in [0.1, 0.15) is 11.4 Å². The second-order valence-electron chi connectivity index (χ2n) is 6.79. The van der Waals surface area contributed by atoms with E-state index in [0.717, 1.165) is 21.4 Å². The van der Waals surface area contributed by atoms with Gasteiger partial charge in [-0.25, -0.2) is 4.79 Å². The van der Waals surface area contributed by atoms with E-state index in [-0.39, 0.29) is 24.2 Å². The summed E-state index contributed by atoms with van der Waals surface area (Å²) in [6, 6.07) is 6.72. The second kappa shape index (κ2) is 6.80. The predicted molar refractivity (Wildman–Crippen MR) is 103 cm³/mol. The van der Waals surface area contributed by atoms with Crippen LogP contribution in [-0.4, -0.2) is 56.9 Å². The van der Waals surface area contributed by atoms with E-state index in [1.807, 2.05) is 30.5 Å². The van der Waals surface area contributed by atoms with Crippen molar-refractivity contribution in [1.82, 2.24) is 30.2 Å². The van der Waals surface area contributed by atoms with Gasteiger partial charge in [-0.15, -0.1) is 0 Å². The minimum atomic E-state index is -0.640. The zero-order chi connectivity index (χ0) is 19.8. The van der Waals surface area contributed by atoms with Gasteiger partial charge in [-0.2, -0.15) is 15.0 Å². The number of urea groups is 1. The highest BCUT2D eigenvalue weighted by Gasteiger charge is 2.38. The molecule has 3 amide bonds. The molecule has 0 bridgehead atoms. The fourth-order valence-corrected chi connectivity index (χ4v) is 3.22. The topological polar surface area (TPSA) is 133 Å². The number of imide groups is 1. The van der Waals surface area contributed by atoms with E-state index < -0.39 is 12.1 Å². The molecule has 10 nitrogen and oxygen atoms in total. The SMILES string of the molecule is CN(C)c1nc(N)nc(CN2C(=O)N[C@@H](Cc3c[nH]c4ccccc34)C2=O)n1. The average molecular weight is 380 g/mol. The smallest absolute Gasteiger partial charge is 0.325 e. The number of nitrogens with one attached hydrogen (secondary N) is 2. The van der Waals surface area contributed by atoms with E-state index >= 15 is 0 Å². The van der Waals surface area contributed by atoms with E-state index in [4.69, 9.17) is 5.73 Å². The minimum Gasteiger partial charge on any atom is -0.368 e. The third-order valence-electron chi connectivity index (χ3n) is 4.59. The van der Waals surface area contributed by atoms with E-state index in [1.54, 1.807) is 19.0 Å². The van der Waals surface area contributed by atoms with Gasteiger partial charge in [0.15, 0.2) is 5.82 Å². The van der Waals surface area contributed by atoms with Gasteiger partial charge in [-0.3, -0.25) is 9.69 Å². The zero-order valence-electron chi connectivity index (χ0n) is 15.5. The van der Waals surface area contributed by atoms with Crippen molar-refractivity contribution in [3.8, 4) is 0 Å². The van der Waals surface area contributed by atoms with Crippen molar-refractivity contribution in [1.29, 1.82) is 0 Å². The molecule has 3 heterocycles. The molecule has 1 fully saturated rings. The Morgan fingerprint density at radius 1 is 1.18 bits per heavy atom. The third kappa shape index (κ3) is 3.20. The number of hydrogen-bond acceptors (Lipinski definition) is 7. The van der Waals surface area contributed by atoms with Gasteiger partial charge in [0.25, 0.3) is 5.91 Å². The van der Waals surface area contributed by atoms with Gasteiger partial charge in [0.1, 0.15) is 6.04 Å². The molecule has 0 saturated carbocycles. The van der Waals surface area contributed by atoms with Gasteiger partial charge in [0.05, 0.1) is 6.54 Å². The number of rotatable bonds is 5. The molecule has 1 atom stereocenters. The number of fused-ring (bicyclic) bond motifs is 1. The summed E-state index contributed by atoms with van der Waals surface area (Å²) >= 11 is 0. The van der Waals surface area contributed by atoms with Crippen LogP contribution in [-0.2, 0) is 17.8 Å². The number of H-pyrrole nitrogens is 1. The number of nitrogens with zero attached hydrogens (tertiary/aromatic N) is 5. The number of amides is 3. The van der Waals surface area contributed by atoms with E-state index in [0.29, 0.717) is 12.4 Å². The molecular formula is C18H20N8O2. The molecule has 1 aromatic carbocycles. The van der Waals surface area contributed by atoms with Crippen LogP contribution in [0.15, 0.2) is 30.5 Å². The molecule has 28 heavy (non-hydrogen) atoms. The first-order chi connectivity index (χ1) is 13.4. The third-order valence-corrected chi connectivity index (χ3v) is 4.59. The van der Waals surface area contributed by atoms with E-state index in [2.05, 4.69) is 25.3 Å². The largest absolute Gasteiger partial charge is 0.368 e. The van der Waals surface area contributed by atoms with Crippen molar-refractivity contribution < 1.29 is 9.59 Å². The summed E-state index contributed by atoms with van der Waals surface area (Å²) in [5.41, 5.74) is 7.67. The summed E-state index contributed by atoms with van der Waals surface area (Å²) in [5, 5.41) is 3.77. The molecule has 1 saturated heterocycles. The first kappa shape index (κ1) is 17.7. The van der Waals surface area contributed by atoms with Gasteiger partial charge in [0.2, 0.25) is 11.9 Å². The Kier molecular flexibility index (Phi) is 4.30. The molecule has 3 aromatic rings. The number of para-hydroxylation sites is 1. The van der Waals surface area contributed by atoms with Crippen LogP contribution in [0.5, 0.6) is 0 Å². The number of carbonyl (C=O) groups is 2. The monoisotopic (exact) mass is 380 g/mol. The number of hydrogen-bond donors (Lipinski definition) is 3. The number of anilines is 2. The molecule has 0 unspecified atom stereocenters. The van der Waals surface area contributed by atoms with Gasteiger partial charge in [0, 0.05) is 37.6 Å². The predicted octanol–water partition coefficient (Wildman–Crippen LogP) is 0.664. The van der Waals surface area contributed by atoms with Crippen molar-refractivity contribution in [3.63, 3.8) is 0 Å². The molecule has 144 valence electrons. The second-order valence-corrected chi connectivity index (χ2v) is 6.79. The fraction of sp³-hybridized carbons (Fsp3) is 0.278. The quantitative estimate of drug-likeness (QED) is 0.554. The first-order valence-corrected chi connectivity index (χ1v) is 8.77. The van der Waals surface area contributed by atoms with Crippen molar-refractivity contribution in [2.45, 2.75) is 19.0 Å². The highest BCUT2D eigenvalue weighted by atomic mass is 16.2. The lowest BCUT2D eigenvalue weighted by molar-refractivity contribution is -0.127. The minimum absolute atomic E-state index is 0.0381. The van der Waals surface area contributed by atoms with E-state index in [1.165, 1.54) is 0 Å². The van der Waals surface area contributed by atoms with Gasteiger partial charge < -0.3 is 20.9 Å². The molecule has 1 aliphatic rings. The highest BCUT2D eigenvalue weighted by molar-refractivity contribution is 6.04. The van der Waals surface area contributed by atoms with Crippen LogP contribution in [0.4, 0.5) is 16.7 Å². The Bertz CT molecular complexity index is 1060. The normalized spacial score (nSPS) is 16.6. The van der Waals surface area contributed by atoms with Crippen molar-refractivity contribution in [3.05, 3.63) is 41.9 Å². The van der Waals surface area contributed by atoms with Crippen molar-refractivity contribution >= 4 is 34.7 Å². The lowest BCUT2D eigenvalue weighted by Gasteiger charge is -2.15. The van der Waals surface area contributed by atoms with Crippen molar-refractivity contribution in [2.24, 2.45) is 0 Å². The number of nitrogens with two attached hydrogens (primary N) is 1. The fourth-order valence-electron chi connectivity index (χ4n) is 3.22. The Morgan fingerprint density at radius 2 is 1.96 bits per heavy atom. The standard InChI is InChI=1S/C18H20N8O2/c1-25(2)17-23-14(22-16(19)24-17)9-26-15(27)13(21-18(26)28)7-10-8-20-12-6-4-3-5-11(10)12/h3-6,8,13,20H,7,9H2,1-2H3,(H,21,28)(H2,19,22,23,24)/t13-/m0/s1. The summed E-state index contributed by atoms with van der Waals surface area (Å²) in [4.78, 5) is 43.4. The van der Waals surface area contributed by atoms with Crippen LogP contribution in [0.25, 0.3) is 10.9 Å². The van der Waals surface area contributed by atoms with Gasteiger partial charge >= 0.3 is 6.03 Å². The van der Waals surface area contributed by atoms with Gasteiger partial charge in [-0.1, -0.05) is 18.2 Å². The van der Waals surface area contributed by atoms with Crippen molar-refractivity contribution in [2.75, 3.05) is 24.7 Å². The molecule has 1 aliphatic heterocycles. The molecule has 0 spiro atoms. The lowest BCUT2D eigenvalue weighted by atomic mass is 10.1. The highest BCUT2D eigenvalue weighted by Crippen LogP contribution is 2.21. The number of aromatic amines is 1. The van der Waals surface area contributed by atoms with Crippen LogP contribution in [0, 0.1) is 0 Å².